The van der Waals surface area contributed by atoms with E-state index < -0.39 is 35.8 Å². The molecule has 1 heterocycles. The maximum absolute atomic E-state index is 13.2. The first-order valence-corrected chi connectivity index (χ1v) is 15.0. The maximum Gasteiger partial charge on any atom is 0.337 e. The normalized spacial score (nSPS) is 21.7. The molecule has 0 aromatic heterocycles. The summed E-state index contributed by atoms with van der Waals surface area (Å²) in [7, 11) is 2.98. The van der Waals surface area contributed by atoms with Crippen molar-refractivity contribution in [3.63, 3.8) is 0 Å². The molecule has 4 aromatic carbocycles. The lowest BCUT2D eigenvalue weighted by Gasteiger charge is -2.45. The van der Waals surface area contributed by atoms with Crippen molar-refractivity contribution in [1.82, 2.24) is 0 Å². The number of thioether (sulfide) groups is 1. The van der Waals surface area contributed by atoms with Crippen LogP contribution >= 0.6 is 11.8 Å². The zero-order valence-electron chi connectivity index (χ0n) is 24.2. The van der Waals surface area contributed by atoms with E-state index in [4.69, 9.17) is 28.4 Å². The average molecular weight is 601 g/mol. The molecule has 7 nitrogen and oxygen atoms in total. The van der Waals surface area contributed by atoms with Gasteiger partial charge in [0.2, 0.25) is 0 Å². The van der Waals surface area contributed by atoms with Gasteiger partial charge in [0.1, 0.15) is 29.5 Å². The number of ether oxygens (including phenoxy) is 6. The number of hydrogen-bond acceptors (Lipinski definition) is 8. The molecule has 1 aliphatic rings. The number of esters is 1. The predicted molar refractivity (Wildman–Crippen MR) is 165 cm³/mol. The summed E-state index contributed by atoms with van der Waals surface area (Å²) in [6.45, 7) is 0.853. The van der Waals surface area contributed by atoms with E-state index in [1.54, 1.807) is 7.11 Å². The number of methoxy groups -OCH3 is 2. The van der Waals surface area contributed by atoms with Gasteiger partial charge in [0.15, 0.2) is 6.10 Å². The van der Waals surface area contributed by atoms with E-state index >= 15 is 0 Å². The number of rotatable bonds is 13. The molecule has 0 aliphatic carbocycles. The number of carbonyl (C=O) groups is 1. The van der Waals surface area contributed by atoms with Gasteiger partial charge in [0.25, 0.3) is 0 Å². The van der Waals surface area contributed by atoms with Crippen molar-refractivity contribution in [1.29, 1.82) is 0 Å². The van der Waals surface area contributed by atoms with E-state index in [-0.39, 0.29) is 13.2 Å². The SMILES string of the molecule is COC(=O)[C@H]1O[C@H](Sc2ccccc2)[C@@H](OCc2ccccc2)[C@@H](OCc2ccc(OC)cc2)[C@@H]1OCc1ccccc1. The number of hydrogen-bond donors (Lipinski definition) is 0. The summed E-state index contributed by atoms with van der Waals surface area (Å²) in [6.07, 6.45) is -3.11. The molecule has 8 heteroatoms. The van der Waals surface area contributed by atoms with Crippen LogP contribution < -0.4 is 4.74 Å². The first kappa shape index (κ1) is 30.8. The van der Waals surface area contributed by atoms with Crippen LogP contribution in [-0.4, -0.2) is 50.0 Å². The molecule has 0 saturated carbocycles. The summed E-state index contributed by atoms with van der Waals surface area (Å²) in [4.78, 5) is 14.2. The van der Waals surface area contributed by atoms with Crippen LogP contribution in [0.15, 0.2) is 120 Å². The van der Waals surface area contributed by atoms with Crippen LogP contribution in [0.1, 0.15) is 16.7 Å². The third-order valence-electron chi connectivity index (χ3n) is 7.10. The Bertz CT molecular complexity index is 1390. The topological polar surface area (TPSA) is 72.5 Å². The largest absolute Gasteiger partial charge is 0.497 e. The molecule has 4 aromatic rings. The summed E-state index contributed by atoms with van der Waals surface area (Å²) in [5, 5.41) is 0. The molecule has 0 unspecified atom stereocenters. The van der Waals surface area contributed by atoms with Crippen LogP contribution in [0.25, 0.3) is 0 Å². The van der Waals surface area contributed by atoms with E-state index in [9.17, 15) is 4.79 Å². The van der Waals surface area contributed by atoms with Gasteiger partial charge in [-0.1, -0.05) is 103 Å². The minimum absolute atomic E-state index is 0.257. The summed E-state index contributed by atoms with van der Waals surface area (Å²) in [5.74, 6) is 0.226. The first-order valence-electron chi connectivity index (χ1n) is 14.1. The highest BCUT2D eigenvalue weighted by Gasteiger charge is 2.51. The molecule has 5 atom stereocenters. The van der Waals surface area contributed by atoms with E-state index in [0.717, 1.165) is 27.3 Å². The average Bonchev–Trinajstić information content (AvgIpc) is 3.07. The van der Waals surface area contributed by atoms with Crippen molar-refractivity contribution in [2.45, 2.75) is 54.6 Å². The Hall–Kier alpha value is -3.66. The van der Waals surface area contributed by atoms with Crippen LogP contribution in [-0.2, 0) is 48.3 Å². The second-order valence-corrected chi connectivity index (χ2v) is 11.2. The van der Waals surface area contributed by atoms with Gasteiger partial charge in [-0.25, -0.2) is 4.79 Å². The molecule has 224 valence electrons. The summed E-state index contributed by atoms with van der Waals surface area (Å²) in [6, 6.07) is 37.3. The van der Waals surface area contributed by atoms with Crippen LogP contribution in [0.3, 0.4) is 0 Å². The zero-order valence-corrected chi connectivity index (χ0v) is 25.1. The standard InChI is InChI=1S/C35H36O7S/c1-37-28-20-18-27(19-21-28)24-40-31-30(39-22-25-12-6-3-7-13-25)32(34(36)38-2)42-35(43-29-16-10-5-11-17-29)33(31)41-23-26-14-8-4-9-15-26/h3-21,30-33,35H,22-24H2,1-2H3/t30-,31-,32-,33-,35+/m0/s1. The van der Waals surface area contributed by atoms with Crippen molar-refractivity contribution in [2.75, 3.05) is 14.2 Å². The summed E-state index contributed by atoms with van der Waals surface area (Å²) < 4.78 is 36.7. The highest BCUT2D eigenvalue weighted by molar-refractivity contribution is 7.99. The molecule has 43 heavy (non-hydrogen) atoms. The molecular formula is C35H36O7S. The van der Waals surface area contributed by atoms with Gasteiger partial charge < -0.3 is 28.4 Å². The summed E-state index contributed by atoms with van der Waals surface area (Å²) >= 11 is 1.48. The van der Waals surface area contributed by atoms with Crippen LogP contribution in [0.2, 0.25) is 0 Å². The Morgan fingerprint density at radius 1 is 0.628 bits per heavy atom. The minimum atomic E-state index is -1.03. The van der Waals surface area contributed by atoms with E-state index in [1.807, 2.05) is 115 Å². The fourth-order valence-electron chi connectivity index (χ4n) is 4.84. The smallest absolute Gasteiger partial charge is 0.337 e. The van der Waals surface area contributed by atoms with E-state index in [2.05, 4.69) is 0 Å². The van der Waals surface area contributed by atoms with Gasteiger partial charge in [-0.3, -0.25) is 0 Å². The van der Waals surface area contributed by atoms with Crippen LogP contribution in [0.4, 0.5) is 0 Å². The minimum Gasteiger partial charge on any atom is -0.497 e. The van der Waals surface area contributed by atoms with Gasteiger partial charge in [-0.15, -0.1) is 0 Å². The Kier molecular flexibility index (Phi) is 11.2. The van der Waals surface area contributed by atoms with Gasteiger partial charge in [-0.05, 0) is 41.0 Å². The molecule has 0 N–H and O–H groups in total. The first-order chi connectivity index (χ1) is 21.1. The Morgan fingerprint density at radius 3 is 1.65 bits per heavy atom. The highest BCUT2D eigenvalue weighted by Crippen LogP contribution is 2.38. The van der Waals surface area contributed by atoms with Gasteiger partial charge >= 0.3 is 5.97 Å². The Balaban J connectivity index is 1.48. The fourth-order valence-corrected chi connectivity index (χ4v) is 5.97. The molecular weight excluding hydrogens is 564 g/mol. The third-order valence-corrected chi connectivity index (χ3v) is 8.25. The Labute approximate surface area is 257 Å². The second-order valence-electron chi connectivity index (χ2n) is 10.0. The lowest BCUT2D eigenvalue weighted by molar-refractivity contribution is -0.248. The van der Waals surface area contributed by atoms with Crippen LogP contribution in [0, 0.1) is 0 Å². The molecule has 0 radical (unpaired) electrons. The maximum atomic E-state index is 13.2. The van der Waals surface area contributed by atoms with Crippen molar-refractivity contribution in [3.8, 4) is 5.75 Å². The van der Waals surface area contributed by atoms with Crippen molar-refractivity contribution >= 4 is 17.7 Å². The van der Waals surface area contributed by atoms with Crippen LogP contribution in [0.5, 0.6) is 5.75 Å². The molecule has 0 spiro atoms. The third kappa shape index (κ3) is 8.46. The lowest BCUT2D eigenvalue weighted by atomic mass is 9.98. The Morgan fingerprint density at radius 2 is 1.12 bits per heavy atom. The molecule has 1 saturated heterocycles. The molecule has 5 rings (SSSR count). The molecule has 0 amide bonds. The van der Waals surface area contributed by atoms with Gasteiger partial charge in [-0.2, -0.15) is 0 Å². The highest BCUT2D eigenvalue weighted by atomic mass is 32.2. The van der Waals surface area contributed by atoms with E-state index in [0.29, 0.717) is 6.61 Å². The zero-order chi connectivity index (χ0) is 29.9. The van der Waals surface area contributed by atoms with Gasteiger partial charge in [0.05, 0.1) is 34.0 Å². The van der Waals surface area contributed by atoms with Crippen molar-refractivity contribution in [2.24, 2.45) is 0 Å². The summed E-state index contributed by atoms with van der Waals surface area (Å²) in [5.41, 5.74) is 2.32. The lowest BCUT2D eigenvalue weighted by Crippen LogP contribution is -2.61. The predicted octanol–water partition coefficient (Wildman–Crippen LogP) is 6.44. The van der Waals surface area contributed by atoms with Gasteiger partial charge in [0, 0.05) is 4.90 Å². The molecule has 1 fully saturated rings. The molecule has 1 aliphatic heterocycles. The van der Waals surface area contributed by atoms with E-state index in [1.165, 1.54) is 18.9 Å². The second kappa shape index (κ2) is 15.7. The number of carbonyl (C=O) groups excluding carboxylic acids is 1. The quantitative estimate of drug-likeness (QED) is 0.162. The number of benzene rings is 4. The monoisotopic (exact) mass is 600 g/mol. The fraction of sp³-hybridized carbons (Fsp3) is 0.286. The van der Waals surface area contributed by atoms with Crippen molar-refractivity contribution in [3.05, 3.63) is 132 Å². The van der Waals surface area contributed by atoms with Crippen molar-refractivity contribution < 1.29 is 33.2 Å². The molecule has 0 bridgehead atoms.